The highest BCUT2D eigenvalue weighted by atomic mass is 35.5. The summed E-state index contributed by atoms with van der Waals surface area (Å²) in [5, 5.41) is 10.3. The van der Waals surface area contributed by atoms with Gasteiger partial charge >= 0.3 is 0 Å². The molecule has 0 aliphatic heterocycles. The number of hydrogen-bond acceptors (Lipinski definition) is 2. The lowest BCUT2D eigenvalue weighted by Crippen LogP contribution is -2.28. The van der Waals surface area contributed by atoms with Crippen LogP contribution in [0.15, 0.2) is 18.2 Å². The average Bonchev–Trinajstić information content (AvgIpc) is 3.22. The normalized spacial score (nSPS) is 20.4. The molecule has 2 aliphatic carbocycles. The van der Waals surface area contributed by atoms with Crippen molar-refractivity contribution in [1.82, 2.24) is 0 Å². The van der Waals surface area contributed by atoms with E-state index in [0.717, 1.165) is 17.4 Å². The fourth-order valence-electron chi connectivity index (χ4n) is 2.56. The molecule has 0 heterocycles. The van der Waals surface area contributed by atoms with Crippen molar-refractivity contribution < 1.29 is 5.11 Å². The van der Waals surface area contributed by atoms with Crippen molar-refractivity contribution in [2.75, 3.05) is 18.0 Å². The Morgan fingerprint density at radius 1 is 1.21 bits per heavy atom. The predicted molar refractivity (Wildman–Crippen MR) is 79.7 cm³/mol. The molecule has 1 aromatic carbocycles. The molecule has 0 radical (unpaired) electrons. The van der Waals surface area contributed by atoms with Crippen molar-refractivity contribution in [3.8, 4) is 0 Å². The maximum Gasteiger partial charge on any atom is 0.0776 e. The Kier molecular flexibility index (Phi) is 3.72. The zero-order chi connectivity index (χ0) is 13.4. The van der Waals surface area contributed by atoms with E-state index in [1.54, 1.807) is 6.92 Å². The Morgan fingerprint density at radius 3 is 2.21 bits per heavy atom. The lowest BCUT2D eigenvalue weighted by molar-refractivity contribution is 0.199. The molecule has 2 nitrogen and oxygen atoms in total. The molecule has 0 saturated heterocycles. The first kappa shape index (κ1) is 13.3. The van der Waals surface area contributed by atoms with Crippen molar-refractivity contribution in [2.45, 2.75) is 38.7 Å². The molecule has 104 valence electrons. The monoisotopic (exact) mass is 279 g/mol. The number of rotatable bonds is 6. The van der Waals surface area contributed by atoms with E-state index in [-0.39, 0.29) is 0 Å². The van der Waals surface area contributed by atoms with Crippen LogP contribution in [-0.4, -0.2) is 18.2 Å². The van der Waals surface area contributed by atoms with Crippen molar-refractivity contribution >= 4 is 17.3 Å². The molecule has 1 atom stereocenters. The second-order valence-corrected chi connectivity index (χ2v) is 6.58. The minimum Gasteiger partial charge on any atom is -0.389 e. The molecule has 2 aliphatic rings. The molecule has 1 N–H and O–H groups in total. The Balaban J connectivity index is 1.77. The van der Waals surface area contributed by atoms with Crippen LogP contribution in [0, 0.1) is 11.8 Å². The van der Waals surface area contributed by atoms with Crippen LogP contribution in [-0.2, 0) is 0 Å². The largest absolute Gasteiger partial charge is 0.389 e. The van der Waals surface area contributed by atoms with Crippen LogP contribution in [0.4, 0.5) is 5.69 Å². The molecule has 0 bridgehead atoms. The first-order valence-corrected chi connectivity index (χ1v) is 7.73. The number of anilines is 1. The zero-order valence-electron chi connectivity index (χ0n) is 11.5. The molecular formula is C16H22ClNO. The van der Waals surface area contributed by atoms with E-state index in [4.69, 9.17) is 11.6 Å². The maximum absolute atomic E-state index is 9.65. The topological polar surface area (TPSA) is 23.5 Å². The van der Waals surface area contributed by atoms with Gasteiger partial charge in [0, 0.05) is 23.8 Å². The van der Waals surface area contributed by atoms with Crippen LogP contribution in [0.5, 0.6) is 0 Å². The quantitative estimate of drug-likeness (QED) is 0.850. The summed E-state index contributed by atoms with van der Waals surface area (Å²) in [6.45, 7) is 4.09. The lowest BCUT2D eigenvalue weighted by Gasteiger charge is -2.25. The third-order valence-electron chi connectivity index (χ3n) is 4.15. The molecular weight excluding hydrogens is 258 g/mol. The smallest absolute Gasteiger partial charge is 0.0776 e. The van der Waals surface area contributed by atoms with Crippen LogP contribution in [0.2, 0.25) is 5.02 Å². The SMILES string of the molecule is CC(O)c1ccc(N(CC2CC2)CC2CC2)cc1Cl. The molecule has 19 heavy (non-hydrogen) atoms. The Labute approximate surface area is 120 Å². The molecule has 0 amide bonds. The fourth-order valence-corrected chi connectivity index (χ4v) is 2.89. The molecule has 1 unspecified atom stereocenters. The van der Waals surface area contributed by atoms with E-state index in [0.29, 0.717) is 5.02 Å². The van der Waals surface area contributed by atoms with Gasteiger partial charge in [-0.05, 0) is 62.1 Å². The first-order valence-electron chi connectivity index (χ1n) is 7.36. The molecule has 0 aromatic heterocycles. The number of benzene rings is 1. The van der Waals surface area contributed by atoms with Crippen molar-refractivity contribution in [3.63, 3.8) is 0 Å². The summed E-state index contributed by atoms with van der Waals surface area (Å²) >= 11 is 6.29. The van der Waals surface area contributed by atoms with Gasteiger partial charge in [-0.15, -0.1) is 0 Å². The number of aliphatic hydroxyl groups excluding tert-OH is 1. The van der Waals surface area contributed by atoms with E-state index >= 15 is 0 Å². The van der Waals surface area contributed by atoms with E-state index < -0.39 is 6.10 Å². The van der Waals surface area contributed by atoms with Gasteiger partial charge in [0.15, 0.2) is 0 Å². The van der Waals surface area contributed by atoms with Crippen LogP contribution >= 0.6 is 11.6 Å². The molecule has 3 heteroatoms. The Morgan fingerprint density at radius 2 is 1.79 bits per heavy atom. The summed E-state index contributed by atoms with van der Waals surface area (Å²) in [6.07, 6.45) is 5.00. The van der Waals surface area contributed by atoms with Gasteiger partial charge in [-0.3, -0.25) is 0 Å². The van der Waals surface area contributed by atoms with Gasteiger partial charge < -0.3 is 10.0 Å². The third kappa shape index (κ3) is 3.43. The van der Waals surface area contributed by atoms with Crippen LogP contribution < -0.4 is 4.90 Å². The van der Waals surface area contributed by atoms with E-state index in [2.05, 4.69) is 11.0 Å². The van der Waals surface area contributed by atoms with Crippen LogP contribution in [0.3, 0.4) is 0 Å². The third-order valence-corrected chi connectivity index (χ3v) is 4.48. The zero-order valence-corrected chi connectivity index (χ0v) is 12.2. The summed E-state index contributed by atoms with van der Waals surface area (Å²) in [4.78, 5) is 2.49. The van der Waals surface area contributed by atoms with E-state index in [1.807, 2.05) is 12.1 Å². The molecule has 1 aromatic rings. The predicted octanol–water partition coefficient (Wildman–Crippen LogP) is 4.02. The summed E-state index contributed by atoms with van der Waals surface area (Å²) in [6, 6.07) is 6.10. The Bertz CT molecular complexity index is 438. The minimum absolute atomic E-state index is 0.498. The fraction of sp³-hybridized carbons (Fsp3) is 0.625. The Hall–Kier alpha value is -0.730. The van der Waals surface area contributed by atoms with Crippen molar-refractivity contribution in [1.29, 1.82) is 0 Å². The van der Waals surface area contributed by atoms with Gasteiger partial charge in [-0.1, -0.05) is 17.7 Å². The highest BCUT2D eigenvalue weighted by Gasteiger charge is 2.29. The van der Waals surface area contributed by atoms with Gasteiger partial charge in [0.2, 0.25) is 0 Å². The number of nitrogens with zero attached hydrogens (tertiary/aromatic N) is 1. The number of halogens is 1. The summed E-state index contributed by atoms with van der Waals surface area (Å²) < 4.78 is 0. The van der Waals surface area contributed by atoms with Gasteiger partial charge in [0.05, 0.1) is 6.10 Å². The number of aliphatic hydroxyl groups is 1. The summed E-state index contributed by atoms with van der Waals surface area (Å²) in [5.74, 6) is 1.77. The maximum atomic E-state index is 9.65. The van der Waals surface area contributed by atoms with Crippen LogP contribution in [0.1, 0.15) is 44.3 Å². The lowest BCUT2D eigenvalue weighted by atomic mass is 10.1. The minimum atomic E-state index is -0.498. The van der Waals surface area contributed by atoms with E-state index in [1.165, 1.54) is 44.5 Å². The summed E-state index contributed by atoms with van der Waals surface area (Å²) in [5.41, 5.74) is 2.04. The standard InChI is InChI=1S/C16H22ClNO/c1-11(19)15-7-6-14(8-16(15)17)18(9-12-2-3-12)10-13-4-5-13/h6-8,11-13,19H,2-5,9-10H2,1H3. The summed E-state index contributed by atoms with van der Waals surface area (Å²) in [7, 11) is 0. The molecule has 2 saturated carbocycles. The second-order valence-electron chi connectivity index (χ2n) is 6.17. The molecule has 2 fully saturated rings. The van der Waals surface area contributed by atoms with E-state index in [9.17, 15) is 5.11 Å². The van der Waals surface area contributed by atoms with Gasteiger partial charge in [-0.2, -0.15) is 0 Å². The van der Waals surface area contributed by atoms with Crippen LogP contribution in [0.25, 0.3) is 0 Å². The van der Waals surface area contributed by atoms with Gasteiger partial charge in [0.1, 0.15) is 0 Å². The van der Waals surface area contributed by atoms with Crippen molar-refractivity contribution in [3.05, 3.63) is 28.8 Å². The first-order chi connectivity index (χ1) is 9.13. The molecule has 0 spiro atoms. The van der Waals surface area contributed by atoms with Crippen molar-refractivity contribution in [2.24, 2.45) is 11.8 Å². The highest BCUT2D eigenvalue weighted by molar-refractivity contribution is 6.31. The second kappa shape index (κ2) is 5.34. The molecule has 3 rings (SSSR count). The van der Waals surface area contributed by atoms with Gasteiger partial charge in [0.25, 0.3) is 0 Å². The number of hydrogen-bond donors (Lipinski definition) is 1. The van der Waals surface area contributed by atoms with Gasteiger partial charge in [-0.25, -0.2) is 0 Å². The highest BCUT2D eigenvalue weighted by Crippen LogP contribution is 2.37. The average molecular weight is 280 g/mol.